The van der Waals surface area contributed by atoms with Crippen LogP contribution in [0, 0.1) is 11.8 Å². The second-order valence-corrected chi connectivity index (χ2v) is 7.22. The highest BCUT2D eigenvalue weighted by Gasteiger charge is 2.36. The molecule has 0 saturated carbocycles. The van der Waals surface area contributed by atoms with E-state index in [1.54, 1.807) is 4.90 Å². The Balaban J connectivity index is 1.81. The minimum Gasteiger partial charge on any atom is -0.480 e. The Morgan fingerprint density at radius 2 is 1.96 bits per heavy atom. The molecule has 8 heteroatoms. The van der Waals surface area contributed by atoms with Crippen molar-refractivity contribution in [2.24, 2.45) is 11.8 Å². The second kappa shape index (κ2) is 9.15. The lowest BCUT2D eigenvalue weighted by molar-refractivity contribution is -0.142. The van der Waals surface area contributed by atoms with Gasteiger partial charge in [-0.2, -0.15) is 0 Å². The summed E-state index contributed by atoms with van der Waals surface area (Å²) in [4.78, 5) is 39.7. The minimum atomic E-state index is -1.03. The van der Waals surface area contributed by atoms with Crippen LogP contribution in [0.5, 0.6) is 0 Å². The maximum atomic E-state index is 12.4. The fourth-order valence-electron chi connectivity index (χ4n) is 3.23. The van der Waals surface area contributed by atoms with Crippen LogP contribution in [-0.4, -0.2) is 84.7 Å². The number of hydrogen-bond donors (Lipinski definition) is 2. The number of carboxylic acids is 1. The number of likely N-dealkylation sites (tertiary alicyclic amines) is 1. The average molecular weight is 355 g/mol. The first kappa shape index (κ1) is 19.7. The van der Waals surface area contributed by atoms with Gasteiger partial charge in [0.15, 0.2) is 0 Å². The Morgan fingerprint density at radius 3 is 2.56 bits per heavy atom. The molecule has 2 heterocycles. The summed E-state index contributed by atoms with van der Waals surface area (Å²) >= 11 is 0. The van der Waals surface area contributed by atoms with E-state index in [9.17, 15) is 19.5 Å². The molecule has 0 aromatic heterocycles. The summed E-state index contributed by atoms with van der Waals surface area (Å²) in [5.41, 5.74) is 0. The van der Waals surface area contributed by atoms with Crippen molar-refractivity contribution in [2.45, 2.75) is 32.7 Å². The van der Waals surface area contributed by atoms with Crippen LogP contribution in [0.25, 0.3) is 0 Å². The normalized spacial score (nSPS) is 23.1. The van der Waals surface area contributed by atoms with Crippen LogP contribution in [-0.2, 0) is 19.1 Å². The largest absolute Gasteiger partial charge is 0.480 e. The highest BCUT2D eigenvalue weighted by molar-refractivity contribution is 5.91. The monoisotopic (exact) mass is 355 g/mol. The van der Waals surface area contributed by atoms with E-state index in [0.717, 1.165) is 19.6 Å². The minimum absolute atomic E-state index is 0.0378. The number of carbonyl (C=O) groups is 3. The highest BCUT2D eigenvalue weighted by atomic mass is 16.5. The number of hydrogen-bond acceptors (Lipinski definition) is 5. The van der Waals surface area contributed by atoms with Gasteiger partial charge in [0.2, 0.25) is 11.8 Å². The Hall–Kier alpha value is -1.67. The summed E-state index contributed by atoms with van der Waals surface area (Å²) in [5.74, 6) is -1.71. The molecule has 2 fully saturated rings. The molecule has 142 valence electrons. The molecule has 0 aromatic carbocycles. The van der Waals surface area contributed by atoms with Crippen molar-refractivity contribution >= 4 is 17.8 Å². The van der Waals surface area contributed by atoms with Crippen molar-refractivity contribution in [1.29, 1.82) is 0 Å². The molecule has 2 saturated heterocycles. The molecule has 2 amide bonds. The maximum Gasteiger partial charge on any atom is 0.326 e. The third kappa shape index (κ3) is 5.97. The number of carboxylic acid groups (broad SMARTS) is 1. The van der Waals surface area contributed by atoms with Crippen LogP contribution in [0.4, 0.5) is 0 Å². The zero-order chi connectivity index (χ0) is 18.4. The van der Waals surface area contributed by atoms with E-state index in [2.05, 4.69) is 10.2 Å². The topological polar surface area (TPSA) is 99.2 Å². The summed E-state index contributed by atoms with van der Waals surface area (Å²) in [6.07, 6.45) is 0.533. The van der Waals surface area contributed by atoms with E-state index in [4.69, 9.17) is 4.74 Å². The van der Waals surface area contributed by atoms with Crippen LogP contribution >= 0.6 is 0 Å². The molecular weight excluding hydrogens is 326 g/mol. The van der Waals surface area contributed by atoms with Crippen LogP contribution in [0.2, 0.25) is 0 Å². The lowest BCUT2D eigenvalue weighted by atomic mass is 10.0. The van der Waals surface area contributed by atoms with Gasteiger partial charge in [-0.15, -0.1) is 0 Å². The number of nitrogens with one attached hydrogen (secondary N) is 1. The first-order valence-corrected chi connectivity index (χ1v) is 8.98. The van der Waals surface area contributed by atoms with E-state index in [0.29, 0.717) is 32.7 Å². The van der Waals surface area contributed by atoms with Gasteiger partial charge in [-0.3, -0.25) is 14.5 Å². The molecule has 1 unspecified atom stereocenters. The smallest absolute Gasteiger partial charge is 0.326 e. The van der Waals surface area contributed by atoms with Gasteiger partial charge in [0.1, 0.15) is 6.04 Å². The van der Waals surface area contributed by atoms with Crippen molar-refractivity contribution in [3.8, 4) is 0 Å². The van der Waals surface area contributed by atoms with Crippen molar-refractivity contribution in [1.82, 2.24) is 15.1 Å². The van der Waals surface area contributed by atoms with Gasteiger partial charge in [0.25, 0.3) is 0 Å². The lowest BCUT2D eigenvalue weighted by Gasteiger charge is -2.28. The summed E-state index contributed by atoms with van der Waals surface area (Å²) in [7, 11) is 0. The predicted molar refractivity (Wildman–Crippen MR) is 91.0 cm³/mol. The predicted octanol–water partition coefficient (Wildman–Crippen LogP) is -0.217. The van der Waals surface area contributed by atoms with Gasteiger partial charge in [-0.05, 0) is 12.3 Å². The summed E-state index contributed by atoms with van der Waals surface area (Å²) in [6.45, 7) is 8.71. The third-order valence-electron chi connectivity index (χ3n) is 4.70. The molecule has 0 aliphatic carbocycles. The van der Waals surface area contributed by atoms with Gasteiger partial charge in [-0.25, -0.2) is 4.79 Å². The molecule has 2 aliphatic rings. The second-order valence-electron chi connectivity index (χ2n) is 7.22. The molecule has 25 heavy (non-hydrogen) atoms. The number of amides is 2. The molecule has 0 aromatic rings. The molecule has 0 bridgehead atoms. The first-order valence-electron chi connectivity index (χ1n) is 8.98. The number of aliphatic carboxylic acids is 1. The van der Waals surface area contributed by atoms with Gasteiger partial charge in [-0.1, -0.05) is 13.8 Å². The molecule has 0 spiro atoms. The molecule has 2 N–H and O–H groups in total. The van der Waals surface area contributed by atoms with Crippen LogP contribution in [0.3, 0.4) is 0 Å². The highest BCUT2D eigenvalue weighted by Crippen LogP contribution is 2.18. The third-order valence-corrected chi connectivity index (χ3v) is 4.70. The molecule has 8 nitrogen and oxygen atoms in total. The standard InChI is InChI=1S/C17H29N3O5/c1-12(2)9-14(17(23)24)18-16(22)13-10-15(21)20(11-13)4-3-19-5-7-25-8-6-19/h12-14H,3-11H2,1-2H3,(H,18,22)(H,23,24)/t13?,14-/m0/s1. The Bertz CT molecular complexity index is 491. The lowest BCUT2D eigenvalue weighted by Crippen LogP contribution is -2.45. The van der Waals surface area contributed by atoms with Crippen molar-refractivity contribution < 1.29 is 24.2 Å². The number of carbonyl (C=O) groups excluding carboxylic acids is 2. The van der Waals surface area contributed by atoms with E-state index in [-0.39, 0.29) is 24.2 Å². The van der Waals surface area contributed by atoms with E-state index < -0.39 is 17.9 Å². The maximum absolute atomic E-state index is 12.4. The van der Waals surface area contributed by atoms with E-state index in [1.807, 2.05) is 13.8 Å². The molecular formula is C17H29N3O5. The molecule has 0 radical (unpaired) electrons. The van der Waals surface area contributed by atoms with Crippen LogP contribution in [0.15, 0.2) is 0 Å². The Labute approximate surface area is 148 Å². The van der Waals surface area contributed by atoms with E-state index in [1.165, 1.54) is 0 Å². The zero-order valence-corrected chi connectivity index (χ0v) is 15.1. The Kier molecular flexibility index (Phi) is 7.19. The van der Waals surface area contributed by atoms with Crippen LogP contribution < -0.4 is 5.32 Å². The average Bonchev–Trinajstić information content (AvgIpc) is 2.94. The molecule has 2 aliphatic heterocycles. The number of rotatable bonds is 8. The fourth-order valence-corrected chi connectivity index (χ4v) is 3.23. The van der Waals surface area contributed by atoms with E-state index >= 15 is 0 Å². The quantitative estimate of drug-likeness (QED) is 0.625. The number of nitrogens with zero attached hydrogens (tertiary/aromatic N) is 2. The van der Waals surface area contributed by atoms with Crippen molar-refractivity contribution in [3.63, 3.8) is 0 Å². The van der Waals surface area contributed by atoms with Gasteiger partial charge >= 0.3 is 5.97 Å². The first-order chi connectivity index (χ1) is 11.9. The van der Waals surface area contributed by atoms with Gasteiger partial charge in [0, 0.05) is 39.1 Å². The number of ether oxygens (including phenoxy) is 1. The van der Waals surface area contributed by atoms with Crippen molar-refractivity contribution in [3.05, 3.63) is 0 Å². The van der Waals surface area contributed by atoms with Crippen molar-refractivity contribution in [2.75, 3.05) is 45.9 Å². The Morgan fingerprint density at radius 1 is 1.28 bits per heavy atom. The van der Waals surface area contributed by atoms with Gasteiger partial charge < -0.3 is 20.1 Å². The molecule has 2 atom stereocenters. The summed E-state index contributed by atoms with van der Waals surface area (Å²) < 4.78 is 5.30. The summed E-state index contributed by atoms with van der Waals surface area (Å²) in [6, 6.07) is -0.898. The summed E-state index contributed by atoms with van der Waals surface area (Å²) in [5, 5.41) is 11.8. The van der Waals surface area contributed by atoms with Crippen LogP contribution in [0.1, 0.15) is 26.7 Å². The van der Waals surface area contributed by atoms with Gasteiger partial charge in [0.05, 0.1) is 19.1 Å². The molecule has 2 rings (SSSR count). The SMILES string of the molecule is CC(C)C[C@H](NC(=O)C1CC(=O)N(CCN2CCOCC2)C1)C(=O)O. The number of morpholine rings is 1. The zero-order valence-electron chi connectivity index (χ0n) is 15.1. The fraction of sp³-hybridized carbons (Fsp3) is 0.824.